The summed E-state index contributed by atoms with van der Waals surface area (Å²) >= 11 is 5.28. The van der Waals surface area contributed by atoms with Gasteiger partial charge in [0.25, 0.3) is 5.24 Å². The van der Waals surface area contributed by atoms with Gasteiger partial charge < -0.3 is 0 Å². The number of hydrogen-bond acceptors (Lipinski definition) is 2. The summed E-state index contributed by atoms with van der Waals surface area (Å²) in [5.41, 5.74) is 2.14. The first-order valence-electron chi connectivity index (χ1n) is 3.25. The molecule has 0 aromatic carbocycles. The van der Waals surface area contributed by atoms with E-state index in [0.29, 0.717) is 5.56 Å². The molecule has 0 unspecified atom stereocenters. The number of aromatic nitrogens is 1. The van der Waals surface area contributed by atoms with Gasteiger partial charge in [-0.15, -0.1) is 12.4 Å². The van der Waals surface area contributed by atoms with Crippen molar-refractivity contribution in [3.63, 3.8) is 0 Å². The molecule has 0 N–H and O–H groups in total. The largest absolute Gasteiger partial charge is 0.276 e. The van der Waals surface area contributed by atoms with Gasteiger partial charge in [0.2, 0.25) is 0 Å². The lowest BCUT2D eigenvalue weighted by Crippen LogP contribution is -1.94. The van der Waals surface area contributed by atoms with Gasteiger partial charge in [0.1, 0.15) is 0 Å². The zero-order chi connectivity index (χ0) is 8.43. The average molecular weight is 206 g/mol. The van der Waals surface area contributed by atoms with E-state index < -0.39 is 5.24 Å². The van der Waals surface area contributed by atoms with Crippen LogP contribution >= 0.6 is 24.0 Å². The van der Waals surface area contributed by atoms with Crippen molar-refractivity contribution < 1.29 is 4.79 Å². The summed E-state index contributed by atoms with van der Waals surface area (Å²) in [4.78, 5) is 14.8. The third-order valence-corrected chi connectivity index (χ3v) is 1.53. The molecule has 4 heteroatoms. The molecule has 0 atom stereocenters. The van der Waals surface area contributed by atoms with Crippen LogP contribution in [0, 0.1) is 13.8 Å². The molecule has 2 nitrogen and oxygen atoms in total. The minimum absolute atomic E-state index is 0. The van der Waals surface area contributed by atoms with E-state index in [0.717, 1.165) is 11.4 Å². The van der Waals surface area contributed by atoms with Crippen LogP contribution in [-0.4, -0.2) is 10.2 Å². The predicted octanol–water partition coefficient (Wildman–Crippen LogP) is 2.50. The van der Waals surface area contributed by atoms with Gasteiger partial charge in [-0.3, -0.25) is 9.78 Å². The summed E-state index contributed by atoms with van der Waals surface area (Å²) in [6.07, 6.45) is 0. The number of carbonyl (C=O) groups excluding carboxylic acids is 1. The van der Waals surface area contributed by atoms with Crippen LogP contribution in [0.5, 0.6) is 0 Å². The highest BCUT2D eigenvalue weighted by Gasteiger charge is 2.02. The van der Waals surface area contributed by atoms with Crippen LogP contribution in [0.3, 0.4) is 0 Å². The first-order chi connectivity index (χ1) is 5.09. The fourth-order valence-electron chi connectivity index (χ4n) is 0.948. The third kappa shape index (κ3) is 2.80. The van der Waals surface area contributed by atoms with Gasteiger partial charge in [-0.05, 0) is 37.6 Å². The molecule has 0 aliphatic heterocycles. The Balaban J connectivity index is 0.00000121. The lowest BCUT2D eigenvalue weighted by molar-refractivity contribution is 0.108. The molecular weight excluding hydrogens is 197 g/mol. The van der Waals surface area contributed by atoms with E-state index in [9.17, 15) is 4.79 Å². The van der Waals surface area contributed by atoms with Crippen LogP contribution in [0.4, 0.5) is 0 Å². The van der Waals surface area contributed by atoms with E-state index in [1.807, 2.05) is 13.8 Å². The lowest BCUT2D eigenvalue weighted by Gasteiger charge is -1.97. The molecule has 66 valence electrons. The normalized spacial score (nSPS) is 8.92. The van der Waals surface area contributed by atoms with Gasteiger partial charge in [0.15, 0.2) is 0 Å². The fourth-order valence-corrected chi connectivity index (χ4v) is 1.06. The Kier molecular flexibility index (Phi) is 4.21. The van der Waals surface area contributed by atoms with Crippen LogP contribution in [0.15, 0.2) is 12.1 Å². The highest BCUT2D eigenvalue weighted by molar-refractivity contribution is 6.67. The van der Waals surface area contributed by atoms with E-state index in [1.54, 1.807) is 12.1 Å². The molecule has 0 aliphatic carbocycles. The highest BCUT2D eigenvalue weighted by atomic mass is 35.5. The Morgan fingerprint density at radius 2 is 1.75 bits per heavy atom. The number of carbonyl (C=O) groups is 1. The standard InChI is InChI=1S/C8H8ClNO.ClH/c1-5-3-7(8(9)11)4-6(2)10-5;/h3-4H,1-2H3;1H. The van der Waals surface area contributed by atoms with Crippen LogP contribution in [0.1, 0.15) is 21.7 Å². The molecule has 0 radical (unpaired) electrons. The molecule has 1 rings (SSSR count). The van der Waals surface area contributed by atoms with Crippen molar-refractivity contribution in [1.82, 2.24) is 4.98 Å². The Morgan fingerprint density at radius 3 is 2.08 bits per heavy atom. The maximum atomic E-state index is 10.7. The maximum absolute atomic E-state index is 10.7. The smallest absolute Gasteiger partial charge is 0.252 e. The Morgan fingerprint density at radius 1 is 1.33 bits per heavy atom. The van der Waals surface area contributed by atoms with Crippen molar-refractivity contribution in [2.24, 2.45) is 0 Å². The van der Waals surface area contributed by atoms with Crippen molar-refractivity contribution in [2.45, 2.75) is 13.8 Å². The summed E-state index contributed by atoms with van der Waals surface area (Å²) in [6, 6.07) is 3.34. The van der Waals surface area contributed by atoms with Crippen LogP contribution in [0.25, 0.3) is 0 Å². The zero-order valence-electron chi connectivity index (χ0n) is 6.80. The quantitative estimate of drug-likeness (QED) is 0.660. The summed E-state index contributed by atoms with van der Waals surface area (Å²) in [5.74, 6) is 0. The van der Waals surface area contributed by atoms with E-state index in [4.69, 9.17) is 11.6 Å². The number of rotatable bonds is 1. The van der Waals surface area contributed by atoms with Gasteiger partial charge in [0, 0.05) is 17.0 Å². The number of halogens is 2. The minimum Gasteiger partial charge on any atom is -0.276 e. The highest BCUT2D eigenvalue weighted by Crippen LogP contribution is 2.07. The van der Waals surface area contributed by atoms with Gasteiger partial charge >= 0.3 is 0 Å². The summed E-state index contributed by atoms with van der Waals surface area (Å²) < 4.78 is 0. The van der Waals surface area contributed by atoms with Gasteiger partial charge in [-0.25, -0.2) is 0 Å². The Bertz CT molecular complexity index is 279. The van der Waals surface area contributed by atoms with Gasteiger partial charge in [-0.2, -0.15) is 0 Å². The predicted molar refractivity (Wildman–Crippen MR) is 51.1 cm³/mol. The molecule has 0 saturated carbocycles. The molecule has 0 saturated heterocycles. The lowest BCUT2D eigenvalue weighted by atomic mass is 10.2. The number of pyridine rings is 1. The second-order valence-electron chi connectivity index (χ2n) is 2.41. The average Bonchev–Trinajstić information content (AvgIpc) is 1.85. The van der Waals surface area contributed by atoms with Crippen molar-refractivity contribution in [3.8, 4) is 0 Å². The summed E-state index contributed by atoms with van der Waals surface area (Å²) in [7, 11) is 0. The molecule has 12 heavy (non-hydrogen) atoms. The van der Waals surface area contributed by atoms with Crippen molar-refractivity contribution >= 4 is 29.3 Å². The molecule has 0 bridgehead atoms. The van der Waals surface area contributed by atoms with E-state index in [1.165, 1.54) is 0 Å². The summed E-state index contributed by atoms with van der Waals surface area (Å²) in [6.45, 7) is 3.66. The minimum atomic E-state index is -0.432. The number of hydrogen-bond donors (Lipinski definition) is 0. The van der Waals surface area contributed by atoms with Crippen molar-refractivity contribution in [1.29, 1.82) is 0 Å². The van der Waals surface area contributed by atoms with Crippen molar-refractivity contribution in [2.75, 3.05) is 0 Å². The van der Waals surface area contributed by atoms with Gasteiger partial charge in [-0.1, -0.05) is 0 Å². The fraction of sp³-hybridized carbons (Fsp3) is 0.250. The molecule has 0 amide bonds. The van der Waals surface area contributed by atoms with E-state index in [-0.39, 0.29) is 12.4 Å². The summed E-state index contributed by atoms with van der Waals surface area (Å²) in [5, 5.41) is -0.432. The van der Waals surface area contributed by atoms with Crippen molar-refractivity contribution in [3.05, 3.63) is 29.1 Å². The zero-order valence-corrected chi connectivity index (χ0v) is 8.37. The second kappa shape index (κ2) is 4.43. The van der Waals surface area contributed by atoms with E-state index >= 15 is 0 Å². The first kappa shape index (κ1) is 11.4. The van der Waals surface area contributed by atoms with Gasteiger partial charge in [0.05, 0.1) is 0 Å². The maximum Gasteiger partial charge on any atom is 0.252 e. The van der Waals surface area contributed by atoms with E-state index in [2.05, 4.69) is 4.98 Å². The topological polar surface area (TPSA) is 30.0 Å². The molecule has 1 aromatic heterocycles. The Labute approximate surface area is 82.4 Å². The molecule has 1 heterocycles. The Hall–Kier alpha value is -0.600. The molecule has 1 aromatic rings. The monoisotopic (exact) mass is 205 g/mol. The third-order valence-electron chi connectivity index (χ3n) is 1.31. The number of nitrogens with zero attached hydrogens (tertiary/aromatic N) is 1. The molecule has 0 spiro atoms. The number of aryl methyl sites for hydroxylation is 2. The molecular formula is C8H9Cl2NO. The second-order valence-corrected chi connectivity index (χ2v) is 2.76. The molecule has 0 aliphatic rings. The van der Waals surface area contributed by atoms with Crippen LogP contribution in [-0.2, 0) is 0 Å². The van der Waals surface area contributed by atoms with Crippen LogP contribution in [0.2, 0.25) is 0 Å². The first-order valence-corrected chi connectivity index (χ1v) is 3.62. The van der Waals surface area contributed by atoms with Crippen LogP contribution < -0.4 is 0 Å². The molecule has 0 fully saturated rings. The SMILES string of the molecule is Cc1cc(C(=O)Cl)cc(C)n1.Cl.